The summed E-state index contributed by atoms with van der Waals surface area (Å²) in [4.78, 5) is 20.2. The predicted molar refractivity (Wildman–Crippen MR) is 134 cm³/mol. The van der Waals surface area contributed by atoms with Crippen LogP contribution < -0.4 is 21.1 Å². The topological polar surface area (TPSA) is 139 Å². The molecule has 0 bridgehead atoms. The van der Waals surface area contributed by atoms with Gasteiger partial charge in [-0.25, -0.2) is 18.1 Å². The van der Waals surface area contributed by atoms with E-state index in [2.05, 4.69) is 25.3 Å². The SMILES string of the molecule is CC(=O)Nc1ccc(S(=O)(=O)NCC2CCC(CNc3nc(N)c4ccccc4n3)CC2)cc1. The molecule has 180 valence electrons. The lowest BCUT2D eigenvalue weighted by molar-refractivity contribution is -0.114. The summed E-state index contributed by atoms with van der Waals surface area (Å²) >= 11 is 0. The van der Waals surface area contributed by atoms with Gasteiger partial charge in [0.15, 0.2) is 0 Å². The van der Waals surface area contributed by atoms with Crippen LogP contribution in [-0.4, -0.2) is 37.4 Å². The molecular formula is C24H30N6O3S. The van der Waals surface area contributed by atoms with Crippen molar-refractivity contribution >= 4 is 44.3 Å². The second-order valence-corrected chi connectivity index (χ2v) is 10.5. The summed E-state index contributed by atoms with van der Waals surface area (Å²) in [5.41, 5.74) is 7.44. The predicted octanol–water partition coefficient (Wildman–Crippen LogP) is 3.37. The van der Waals surface area contributed by atoms with Crippen molar-refractivity contribution in [1.82, 2.24) is 14.7 Å². The number of carbonyl (C=O) groups excluding carboxylic acids is 1. The van der Waals surface area contributed by atoms with Crippen LogP contribution in [0.3, 0.4) is 0 Å². The number of carbonyl (C=O) groups is 1. The number of para-hydroxylation sites is 1. The molecule has 1 fully saturated rings. The molecule has 2 aromatic carbocycles. The monoisotopic (exact) mass is 482 g/mol. The maximum Gasteiger partial charge on any atom is 0.240 e. The maximum atomic E-state index is 12.6. The van der Waals surface area contributed by atoms with Gasteiger partial charge in [0.05, 0.1) is 10.4 Å². The lowest BCUT2D eigenvalue weighted by Gasteiger charge is -2.28. The van der Waals surface area contributed by atoms with Gasteiger partial charge in [-0.15, -0.1) is 0 Å². The van der Waals surface area contributed by atoms with Gasteiger partial charge in [0.2, 0.25) is 21.9 Å². The molecule has 1 saturated carbocycles. The smallest absolute Gasteiger partial charge is 0.240 e. The van der Waals surface area contributed by atoms with Crippen molar-refractivity contribution in [2.75, 3.05) is 29.5 Å². The lowest BCUT2D eigenvalue weighted by atomic mass is 9.82. The van der Waals surface area contributed by atoms with E-state index in [9.17, 15) is 13.2 Å². The Morgan fingerprint density at radius 1 is 0.971 bits per heavy atom. The zero-order chi connectivity index (χ0) is 24.1. The van der Waals surface area contributed by atoms with Gasteiger partial charge in [-0.05, 0) is 73.9 Å². The number of nitrogens with two attached hydrogens (primary N) is 1. The Bertz CT molecular complexity index is 1260. The highest BCUT2D eigenvalue weighted by Crippen LogP contribution is 2.29. The Hall–Kier alpha value is -3.24. The van der Waals surface area contributed by atoms with Crippen LogP contribution in [0.15, 0.2) is 53.4 Å². The van der Waals surface area contributed by atoms with Crippen molar-refractivity contribution < 1.29 is 13.2 Å². The molecule has 0 spiro atoms. The number of fused-ring (bicyclic) bond motifs is 1. The number of rotatable bonds is 8. The summed E-state index contributed by atoms with van der Waals surface area (Å²) in [6.07, 6.45) is 3.93. The molecule has 0 unspecified atom stereocenters. The van der Waals surface area contributed by atoms with Gasteiger partial charge < -0.3 is 16.4 Å². The van der Waals surface area contributed by atoms with Crippen molar-refractivity contribution in [3.63, 3.8) is 0 Å². The fourth-order valence-corrected chi connectivity index (χ4v) is 5.40. The molecule has 9 nitrogen and oxygen atoms in total. The van der Waals surface area contributed by atoms with E-state index in [0.717, 1.165) is 43.1 Å². The summed E-state index contributed by atoms with van der Waals surface area (Å²) in [5.74, 6) is 1.58. The number of benzene rings is 2. The summed E-state index contributed by atoms with van der Waals surface area (Å²) in [7, 11) is -3.59. The molecule has 4 rings (SSSR count). The third kappa shape index (κ3) is 6.00. The quantitative estimate of drug-likeness (QED) is 0.386. The second-order valence-electron chi connectivity index (χ2n) is 8.77. The summed E-state index contributed by atoms with van der Waals surface area (Å²) in [6, 6.07) is 13.8. The van der Waals surface area contributed by atoms with Gasteiger partial charge in [0, 0.05) is 31.1 Å². The number of nitrogen functional groups attached to an aromatic ring is 1. The van der Waals surface area contributed by atoms with E-state index in [1.807, 2.05) is 24.3 Å². The molecule has 10 heteroatoms. The fraction of sp³-hybridized carbons (Fsp3) is 0.375. The van der Waals surface area contributed by atoms with Gasteiger partial charge in [0.25, 0.3) is 0 Å². The van der Waals surface area contributed by atoms with Crippen LogP contribution in [-0.2, 0) is 14.8 Å². The first-order chi connectivity index (χ1) is 16.3. The first kappa shape index (κ1) is 23.9. The van der Waals surface area contributed by atoms with Crippen LogP contribution in [0, 0.1) is 11.8 Å². The number of nitrogens with one attached hydrogen (secondary N) is 3. The molecule has 1 amide bonds. The molecule has 1 aliphatic rings. The Morgan fingerprint density at radius 3 is 2.29 bits per heavy atom. The third-order valence-electron chi connectivity index (χ3n) is 6.19. The summed E-state index contributed by atoms with van der Waals surface area (Å²) in [5, 5.41) is 6.79. The van der Waals surface area contributed by atoms with Gasteiger partial charge >= 0.3 is 0 Å². The zero-order valence-corrected chi connectivity index (χ0v) is 19.9. The van der Waals surface area contributed by atoms with Gasteiger partial charge in [0.1, 0.15) is 5.82 Å². The molecule has 0 atom stereocenters. The van der Waals surface area contributed by atoms with E-state index in [1.54, 1.807) is 12.1 Å². The summed E-state index contributed by atoms with van der Waals surface area (Å²) < 4.78 is 28.0. The number of amides is 1. The van der Waals surface area contributed by atoms with E-state index in [0.29, 0.717) is 35.8 Å². The molecule has 1 aromatic heterocycles. The molecule has 1 heterocycles. The molecule has 0 radical (unpaired) electrons. The van der Waals surface area contributed by atoms with E-state index < -0.39 is 10.0 Å². The van der Waals surface area contributed by atoms with Gasteiger partial charge in [-0.1, -0.05) is 12.1 Å². The van der Waals surface area contributed by atoms with Crippen LogP contribution in [0.5, 0.6) is 0 Å². The van der Waals surface area contributed by atoms with Crippen molar-refractivity contribution in [2.24, 2.45) is 11.8 Å². The number of anilines is 3. The van der Waals surface area contributed by atoms with Gasteiger partial charge in [-0.2, -0.15) is 4.98 Å². The van der Waals surface area contributed by atoms with Crippen LogP contribution in [0.1, 0.15) is 32.6 Å². The summed E-state index contributed by atoms with van der Waals surface area (Å²) in [6.45, 7) is 2.58. The second kappa shape index (κ2) is 10.4. The molecule has 5 N–H and O–H groups in total. The van der Waals surface area contributed by atoms with Crippen LogP contribution in [0.4, 0.5) is 17.5 Å². The van der Waals surface area contributed by atoms with Crippen LogP contribution in [0.2, 0.25) is 0 Å². The van der Waals surface area contributed by atoms with Crippen LogP contribution >= 0.6 is 0 Å². The molecule has 34 heavy (non-hydrogen) atoms. The number of aromatic nitrogens is 2. The van der Waals surface area contributed by atoms with Gasteiger partial charge in [-0.3, -0.25) is 4.79 Å². The molecule has 0 saturated heterocycles. The van der Waals surface area contributed by atoms with Crippen molar-refractivity contribution in [3.05, 3.63) is 48.5 Å². The first-order valence-corrected chi connectivity index (χ1v) is 12.9. The highest BCUT2D eigenvalue weighted by molar-refractivity contribution is 7.89. The molecule has 0 aliphatic heterocycles. The zero-order valence-electron chi connectivity index (χ0n) is 19.1. The minimum atomic E-state index is -3.59. The first-order valence-electron chi connectivity index (χ1n) is 11.4. The van der Waals surface area contributed by atoms with Crippen LogP contribution in [0.25, 0.3) is 10.9 Å². The number of hydrogen-bond donors (Lipinski definition) is 4. The molecule has 3 aromatic rings. The normalized spacial score (nSPS) is 18.5. The van der Waals surface area contributed by atoms with Crippen molar-refractivity contribution in [1.29, 1.82) is 0 Å². The minimum absolute atomic E-state index is 0.189. The Kier molecular flexibility index (Phi) is 7.28. The van der Waals surface area contributed by atoms with E-state index >= 15 is 0 Å². The van der Waals surface area contributed by atoms with E-state index in [4.69, 9.17) is 5.73 Å². The number of sulfonamides is 1. The lowest BCUT2D eigenvalue weighted by Crippen LogP contribution is -2.32. The van der Waals surface area contributed by atoms with Crippen molar-refractivity contribution in [3.8, 4) is 0 Å². The Labute approximate surface area is 199 Å². The molecule has 1 aliphatic carbocycles. The highest BCUT2D eigenvalue weighted by Gasteiger charge is 2.23. The third-order valence-corrected chi connectivity index (χ3v) is 7.63. The average molecular weight is 483 g/mol. The molecular weight excluding hydrogens is 452 g/mol. The largest absolute Gasteiger partial charge is 0.383 e. The average Bonchev–Trinajstić information content (AvgIpc) is 2.82. The van der Waals surface area contributed by atoms with E-state index in [1.165, 1.54) is 19.1 Å². The Balaban J connectivity index is 1.23. The maximum absolute atomic E-state index is 12.6. The highest BCUT2D eigenvalue weighted by atomic mass is 32.2. The van der Waals surface area contributed by atoms with E-state index in [-0.39, 0.29) is 10.8 Å². The number of hydrogen-bond acceptors (Lipinski definition) is 7. The fourth-order valence-electron chi connectivity index (χ4n) is 4.29. The number of nitrogens with zero attached hydrogens (tertiary/aromatic N) is 2. The Morgan fingerprint density at radius 2 is 1.62 bits per heavy atom. The minimum Gasteiger partial charge on any atom is -0.383 e. The van der Waals surface area contributed by atoms with Crippen molar-refractivity contribution in [2.45, 2.75) is 37.5 Å². The standard InChI is InChI=1S/C24H30N6O3S/c1-16(31)28-19-10-12-20(13-11-19)34(32,33)27-15-18-8-6-17(7-9-18)14-26-24-29-22-5-3-2-4-21(22)23(25)30-24/h2-5,10-13,17-18,27H,6-9,14-15H2,1H3,(H,28,31)(H3,25,26,29,30).